The lowest BCUT2D eigenvalue weighted by molar-refractivity contribution is -0.121. The van der Waals surface area contributed by atoms with Crippen molar-refractivity contribution in [2.24, 2.45) is 0 Å². The quantitative estimate of drug-likeness (QED) is 0.655. The van der Waals surface area contributed by atoms with Crippen molar-refractivity contribution in [1.82, 2.24) is 15.1 Å². The Morgan fingerprint density at radius 2 is 1.79 bits per heavy atom. The third-order valence-corrected chi connectivity index (χ3v) is 4.38. The average Bonchev–Trinajstić information content (AvgIpc) is 2.74. The van der Waals surface area contributed by atoms with E-state index >= 15 is 0 Å². The summed E-state index contributed by atoms with van der Waals surface area (Å²) >= 11 is 0. The Kier molecular flexibility index (Phi) is 6.57. The SMILES string of the molecule is COc1ccc(CCC(=O)NCCn2nc(-c3ccccc3)ccc2=O)cc1. The summed E-state index contributed by atoms with van der Waals surface area (Å²) in [7, 11) is 1.62. The maximum atomic E-state index is 12.1. The second-order valence-electron chi connectivity index (χ2n) is 6.34. The fraction of sp³-hybridized carbons (Fsp3) is 0.227. The van der Waals surface area contributed by atoms with Gasteiger partial charge in [0.05, 0.1) is 19.3 Å². The molecule has 144 valence electrons. The minimum Gasteiger partial charge on any atom is -0.497 e. The Morgan fingerprint density at radius 1 is 1.04 bits per heavy atom. The number of aromatic nitrogens is 2. The van der Waals surface area contributed by atoms with E-state index in [0.717, 1.165) is 22.6 Å². The molecule has 3 aromatic rings. The van der Waals surface area contributed by atoms with Gasteiger partial charge in [-0.05, 0) is 30.2 Å². The van der Waals surface area contributed by atoms with Gasteiger partial charge in [0.15, 0.2) is 0 Å². The molecule has 28 heavy (non-hydrogen) atoms. The molecular formula is C22H23N3O3. The zero-order valence-electron chi connectivity index (χ0n) is 15.8. The Balaban J connectivity index is 1.50. The highest BCUT2D eigenvalue weighted by molar-refractivity contribution is 5.76. The molecule has 0 aliphatic rings. The van der Waals surface area contributed by atoms with Crippen LogP contribution in [-0.4, -0.2) is 29.3 Å². The standard InChI is InChI=1S/C22H23N3O3/c1-28-19-10-7-17(8-11-19)9-13-21(26)23-15-16-25-22(27)14-12-20(24-25)18-5-3-2-4-6-18/h2-8,10-12,14H,9,13,15-16H2,1H3,(H,23,26). The maximum Gasteiger partial charge on any atom is 0.266 e. The van der Waals surface area contributed by atoms with Gasteiger partial charge in [-0.25, -0.2) is 4.68 Å². The Morgan fingerprint density at radius 3 is 2.50 bits per heavy atom. The fourth-order valence-electron chi connectivity index (χ4n) is 2.81. The summed E-state index contributed by atoms with van der Waals surface area (Å²) in [5.41, 5.74) is 2.56. The number of nitrogens with zero attached hydrogens (tertiary/aromatic N) is 2. The number of carbonyl (C=O) groups is 1. The first-order valence-electron chi connectivity index (χ1n) is 9.19. The highest BCUT2D eigenvalue weighted by Gasteiger charge is 2.05. The number of nitrogens with one attached hydrogen (secondary N) is 1. The fourth-order valence-corrected chi connectivity index (χ4v) is 2.81. The molecule has 0 saturated heterocycles. The molecule has 1 heterocycles. The Hall–Kier alpha value is -3.41. The van der Waals surface area contributed by atoms with Gasteiger partial charge in [-0.3, -0.25) is 9.59 Å². The molecule has 0 aliphatic carbocycles. The van der Waals surface area contributed by atoms with Gasteiger partial charge in [0, 0.05) is 24.6 Å². The van der Waals surface area contributed by atoms with Crippen molar-refractivity contribution in [3.05, 3.63) is 82.6 Å². The zero-order chi connectivity index (χ0) is 19.8. The average molecular weight is 377 g/mol. The van der Waals surface area contributed by atoms with Crippen LogP contribution in [-0.2, 0) is 17.8 Å². The third kappa shape index (κ3) is 5.30. The predicted molar refractivity (Wildman–Crippen MR) is 108 cm³/mol. The summed E-state index contributed by atoms with van der Waals surface area (Å²) in [6, 6.07) is 20.5. The van der Waals surface area contributed by atoms with Gasteiger partial charge in [0.1, 0.15) is 5.75 Å². The number of aryl methyl sites for hydroxylation is 1. The van der Waals surface area contributed by atoms with Gasteiger partial charge in [0.2, 0.25) is 5.91 Å². The van der Waals surface area contributed by atoms with Gasteiger partial charge in [-0.2, -0.15) is 5.10 Å². The van der Waals surface area contributed by atoms with Gasteiger partial charge < -0.3 is 10.1 Å². The molecule has 1 aromatic heterocycles. The number of methoxy groups -OCH3 is 1. The highest BCUT2D eigenvalue weighted by Crippen LogP contribution is 2.14. The first-order chi connectivity index (χ1) is 13.7. The maximum absolute atomic E-state index is 12.1. The van der Waals surface area contributed by atoms with Crippen molar-refractivity contribution in [2.75, 3.05) is 13.7 Å². The molecule has 0 bridgehead atoms. The molecule has 0 fully saturated rings. The van der Waals surface area contributed by atoms with E-state index in [1.807, 2.05) is 54.6 Å². The lowest BCUT2D eigenvalue weighted by Crippen LogP contribution is -2.32. The molecular weight excluding hydrogens is 354 g/mol. The van der Waals surface area contributed by atoms with Crippen LogP contribution in [0.5, 0.6) is 5.75 Å². The molecule has 0 unspecified atom stereocenters. The molecule has 0 atom stereocenters. The van der Waals surface area contributed by atoms with Crippen LogP contribution in [0.3, 0.4) is 0 Å². The minimum atomic E-state index is -0.188. The van der Waals surface area contributed by atoms with Crippen LogP contribution in [0.1, 0.15) is 12.0 Å². The smallest absolute Gasteiger partial charge is 0.266 e. The molecule has 6 heteroatoms. The van der Waals surface area contributed by atoms with Crippen LogP contribution >= 0.6 is 0 Å². The summed E-state index contributed by atoms with van der Waals surface area (Å²) in [5, 5.41) is 7.24. The second-order valence-corrected chi connectivity index (χ2v) is 6.34. The van der Waals surface area contributed by atoms with Gasteiger partial charge in [0.25, 0.3) is 5.56 Å². The second kappa shape index (κ2) is 9.50. The normalized spacial score (nSPS) is 10.5. The summed E-state index contributed by atoms with van der Waals surface area (Å²) < 4.78 is 6.50. The number of rotatable bonds is 8. The lowest BCUT2D eigenvalue weighted by atomic mass is 10.1. The third-order valence-electron chi connectivity index (χ3n) is 4.38. The number of benzene rings is 2. The van der Waals surface area contributed by atoms with E-state index in [1.54, 1.807) is 13.2 Å². The first-order valence-corrected chi connectivity index (χ1v) is 9.19. The van der Waals surface area contributed by atoms with Crippen molar-refractivity contribution >= 4 is 5.91 Å². The molecule has 3 rings (SSSR count). The van der Waals surface area contributed by atoms with Crippen LogP contribution in [0.15, 0.2) is 71.5 Å². The molecule has 0 radical (unpaired) electrons. The first kappa shape index (κ1) is 19.4. The van der Waals surface area contributed by atoms with Crippen LogP contribution in [0.25, 0.3) is 11.3 Å². The number of ether oxygens (including phenoxy) is 1. The summed E-state index contributed by atoms with van der Waals surface area (Å²) in [6.07, 6.45) is 1.04. The van der Waals surface area contributed by atoms with Gasteiger partial charge >= 0.3 is 0 Å². The minimum absolute atomic E-state index is 0.0527. The van der Waals surface area contributed by atoms with E-state index in [0.29, 0.717) is 25.9 Å². The number of amides is 1. The number of hydrogen-bond donors (Lipinski definition) is 1. The molecule has 2 aromatic carbocycles. The molecule has 0 saturated carbocycles. The predicted octanol–water partition coefficient (Wildman–Crippen LogP) is 2.67. The van der Waals surface area contributed by atoms with E-state index in [1.165, 1.54) is 10.7 Å². The molecule has 0 aliphatic heterocycles. The highest BCUT2D eigenvalue weighted by atomic mass is 16.5. The molecule has 1 amide bonds. The zero-order valence-corrected chi connectivity index (χ0v) is 15.8. The largest absolute Gasteiger partial charge is 0.497 e. The summed E-state index contributed by atoms with van der Waals surface area (Å²) in [5.74, 6) is 0.743. The number of carbonyl (C=O) groups excluding carboxylic acids is 1. The topological polar surface area (TPSA) is 73.2 Å². The van der Waals surface area contributed by atoms with Gasteiger partial charge in [-0.15, -0.1) is 0 Å². The van der Waals surface area contributed by atoms with Crippen LogP contribution in [0.4, 0.5) is 0 Å². The van der Waals surface area contributed by atoms with Crippen molar-refractivity contribution < 1.29 is 9.53 Å². The molecule has 0 spiro atoms. The number of hydrogen-bond acceptors (Lipinski definition) is 4. The van der Waals surface area contributed by atoms with Crippen molar-refractivity contribution in [1.29, 1.82) is 0 Å². The summed E-state index contributed by atoms with van der Waals surface area (Å²) in [6.45, 7) is 0.681. The van der Waals surface area contributed by atoms with Crippen molar-refractivity contribution in [3.8, 4) is 17.0 Å². The Labute approximate surface area is 163 Å². The van der Waals surface area contributed by atoms with E-state index in [9.17, 15) is 9.59 Å². The van der Waals surface area contributed by atoms with E-state index < -0.39 is 0 Å². The summed E-state index contributed by atoms with van der Waals surface area (Å²) in [4.78, 5) is 24.1. The van der Waals surface area contributed by atoms with E-state index in [2.05, 4.69) is 10.4 Å². The lowest BCUT2D eigenvalue weighted by Gasteiger charge is -2.09. The van der Waals surface area contributed by atoms with E-state index in [4.69, 9.17) is 4.74 Å². The van der Waals surface area contributed by atoms with Gasteiger partial charge in [-0.1, -0.05) is 42.5 Å². The molecule has 1 N–H and O–H groups in total. The monoisotopic (exact) mass is 377 g/mol. The van der Waals surface area contributed by atoms with Crippen LogP contribution in [0, 0.1) is 0 Å². The Bertz CT molecular complexity index is 966. The van der Waals surface area contributed by atoms with E-state index in [-0.39, 0.29) is 11.5 Å². The van der Waals surface area contributed by atoms with Crippen molar-refractivity contribution in [2.45, 2.75) is 19.4 Å². The van der Waals surface area contributed by atoms with Crippen LogP contribution in [0.2, 0.25) is 0 Å². The molecule has 6 nitrogen and oxygen atoms in total. The van der Waals surface area contributed by atoms with Crippen LogP contribution < -0.4 is 15.6 Å². The van der Waals surface area contributed by atoms with Crippen molar-refractivity contribution in [3.63, 3.8) is 0 Å².